The summed E-state index contributed by atoms with van der Waals surface area (Å²) in [6.45, 7) is 1.45. The van der Waals surface area contributed by atoms with Crippen molar-refractivity contribution in [3.8, 4) is 11.8 Å². The minimum absolute atomic E-state index is 0.169. The molecule has 1 atom stereocenters. The van der Waals surface area contributed by atoms with Gasteiger partial charge in [0.25, 0.3) is 0 Å². The highest BCUT2D eigenvalue weighted by Gasteiger charge is 2.16. The number of nitriles is 1. The maximum Gasteiger partial charge on any atom is 0.124 e. The van der Waals surface area contributed by atoms with E-state index in [4.69, 9.17) is 14.7 Å². The minimum atomic E-state index is 0.169. The van der Waals surface area contributed by atoms with E-state index in [1.807, 2.05) is 24.3 Å². The van der Waals surface area contributed by atoms with Crippen molar-refractivity contribution in [2.45, 2.75) is 18.9 Å². The maximum absolute atomic E-state index is 8.58. The van der Waals surface area contributed by atoms with Crippen molar-refractivity contribution in [3.63, 3.8) is 0 Å². The molecule has 1 heterocycles. The Bertz CT molecular complexity index is 364. The van der Waals surface area contributed by atoms with Gasteiger partial charge in [0.05, 0.1) is 25.7 Å². The van der Waals surface area contributed by atoms with Gasteiger partial charge in [-0.05, 0) is 17.7 Å². The molecule has 0 amide bonds. The first-order valence-corrected chi connectivity index (χ1v) is 5.09. The average molecular weight is 203 g/mol. The molecule has 0 aromatic heterocycles. The zero-order chi connectivity index (χ0) is 10.5. The molecule has 3 heteroatoms. The first-order chi connectivity index (χ1) is 7.38. The molecule has 1 aliphatic heterocycles. The Morgan fingerprint density at radius 3 is 3.20 bits per heavy atom. The van der Waals surface area contributed by atoms with Crippen LogP contribution in [0.15, 0.2) is 24.3 Å². The third-order valence-corrected chi connectivity index (χ3v) is 2.37. The van der Waals surface area contributed by atoms with Gasteiger partial charge in [0.15, 0.2) is 0 Å². The lowest BCUT2D eigenvalue weighted by atomic mass is 10.1. The Kier molecular flexibility index (Phi) is 3.21. The molecule has 0 N–H and O–H groups in total. The summed E-state index contributed by atoms with van der Waals surface area (Å²) < 4.78 is 11.0. The van der Waals surface area contributed by atoms with E-state index in [1.165, 1.54) is 0 Å². The van der Waals surface area contributed by atoms with Crippen LogP contribution in [0.25, 0.3) is 0 Å². The normalized spacial score (nSPS) is 19.8. The summed E-state index contributed by atoms with van der Waals surface area (Å²) in [5, 5.41) is 8.58. The number of rotatable bonds is 3. The summed E-state index contributed by atoms with van der Waals surface area (Å²) >= 11 is 0. The van der Waals surface area contributed by atoms with Crippen molar-refractivity contribution in [1.82, 2.24) is 0 Å². The summed E-state index contributed by atoms with van der Waals surface area (Å²) in [6, 6.07) is 9.80. The largest absolute Gasteiger partial charge is 0.488 e. The zero-order valence-corrected chi connectivity index (χ0v) is 8.48. The molecule has 0 bridgehead atoms. The smallest absolute Gasteiger partial charge is 0.124 e. The van der Waals surface area contributed by atoms with Gasteiger partial charge in [0.1, 0.15) is 11.9 Å². The summed E-state index contributed by atoms with van der Waals surface area (Å²) in [7, 11) is 0. The van der Waals surface area contributed by atoms with Crippen LogP contribution in [-0.4, -0.2) is 19.3 Å². The van der Waals surface area contributed by atoms with E-state index in [0.717, 1.165) is 24.3 Å². The lowest BCUT2D eigenvalue weighted by Gasteiger charge is -2.11. The fourth-order valence-corrected chi connectivity index (χ4v) is 1.62. The van der Waals surface area contributed by atoms with Gasteiger partial charge < -0.3 is 9.47 Å². The molecule has 1 unspecified atom stereocenters. The first kappa shape index (κ1) is 10.0. The molecule has 78 valence electrons. The van der Waals surface area contributed by atoms with Crippen LogP contribution >= 0.6 is 0 Å². The summed E-state index contributed by atoms with van der Waals surface area (Å²) in [5.41, 5.74) is 0.994. The molecule has 3 nitrogen and oxygen atoms in total. The van der Waals surface area contributed by atoms with Crippen LogP contribution in [0, 0.1) is 11.3 Å². The van der Waals surface area contributed by atoms with Gasteiger partial charge in [0.2, 0.25) is 0 Å². The molecule has 15 heavy (non-hydrogen) atoms. The van der Waals surface area contributed by atoms with Gasteiger partial charge in [-0.2, -0.15) is 5.26 Å². The monoisotopic (exact) mass is 203 g/mol. The van der Waals surface area contributed by atoms with Crippen molar-refractivity contribution in [2.75, 3.05) is 13.2 Å². The molecule has 1 aromatic rings. The fourth-order valence-electron chi connectivity index (χ4n) is 1.62. The van der Waals surface area contributed by atoms with Crippen molar-refractivity contribution in [3.05, 3.63) is 29.8 Å². The van der Waals surface area contributed by atoms with E-state index in [1.54, 1.807) is 0 Å². The second-order valence-electron chi connectivity index (χ2n) is 3.59. The molecule has 2 rings (SSSR count). The van der Waals surface area contributed by atoms with Gasteiger partial charge >= 0.3 is 0 Å². The SMILES string of the molecule is N#CCc1cccc(OC2CCOC2)c1. The quantitative estimate of drug-likeness (QED) is 0.753. The van der Waals surface area contributed by atoms with E-state index in [9.17, 15) is 0 Å². The summed E-state index contributed by atoms with van der Waals surface area (Å²) in [6.07, 6.45) is 1.54. The summed E-state index contributed by atoms with van der Waals surface area (Å²) in [5.74, 6) is 0.832. The van der Waals surface area contributed by atoms with Gasteiger partial charge in [-0.3, -0.25) is 0 Å². The highest BCUT2D eigenvalue weighted by atomic mass is 16.5. The number of ether oxygens (including phenoxy) is 2. The molecule has 0 aliphatic carbocycles. The van der Waals surface area contributed by atoms with Gasteiger partial charge in [-0.15, -0.1) is 0 Å². The van der Waals surface area contributed by atoms with Gasteiger partial charge in [0, 0.05) is 6.42 Å². The first-order valence-electron chi connectivity index (χ1n) is 5.09. The Hall–Kier alpha value is -1.53. The molecule has 0 radical (unpaired) electrons. The predicted molar refractivity (Wildman–Crippen MR) is 55.6 cm³/mol. The number of nitrogens with zero attached hydrogens (tertiary/aromatic N) is 1. The second kappa shape index (κ2) is 4.81. The van der Waals surface area contributed by atoms with Crippen LogP contribution < -0.4 is 4.74 Å². The molecular weight excluding hydrogens is 190 g/mol. The third-order valence-electron chi connectivity index (χ3n) is 2.37. The highest BCUT2D eigenvalue weighted by molar-refractivity contribution is 5.30. The van der Waals surface area contributed by atoms with Gasteiger partial charge in [-0.1, -0.05) is 12.1 Å². The molecule has 0 spiro atoms. The van der Waals surface area contributed by atoms with Crippen LogP contribution in [0.5, 0.6) is 5.75 Å². The molecule has 1 fully saturated rings. The van der Waals surface area contributed by atoms with E-state index >= 15 is 0 Å². The molecule has 1 aromatic carbocycles. The van der Waals surface area contributed by atoms with Crippen LogP contribution in [-0.2, 0) is 11.2 Å². The van der Waals surface area contributed by atoms with Crippen molar-refractivity contribution in [2.24, 2.45) is 0 Å². The van der Waals surface area contributed by atoms with Crippen LogP contribution in [0.2, 0.25) is 0 Å². The van der Waals surface area contributed by atoms with E-state index in [0.29, 0.717) is 13.0 Å². The minimum Gasteiger partial charge on any atom is -0.488 e. The van der Waals surface area contributed by atoms with E-state index in [2.05, 4.69) is 6.07 Å². The number of hydrogen-bond acceptors (Lipinski definition) is 3. The second-order valence-corrected chi connectivity index (χ2v) is 3.59. The van der Waals surface area contributed by atoms with Gasteiger partial charge in [-0.25, -0.2) is 0 Å². The molecule has 1 aliphatic rings. The topological polar surface area (TPSA) is 42.2 Å². The average Bonchev–Trinajstić information content (AvgIpc) is 2.71. The van der Waals surface area contributed by atoms with Crippen LogP contribution in [0.4, 0.5) is 0 Å². The Balaban J connectivity index is 2.01. The van der Waals surface area contributed by atoms with Crippen molar-refractivity contribution in [1.29, 1.82) is 5.26 Å². The highest BCUT2D eigenvalue weighted by Crippen LogP contribution is 2.18. The lowest BCUT2D eigenvalue weighted by Crippen LogP contribution is -2.15. The fraction of sp³-hybridized carbons (Fsp3) is 0.417. The van der Waals surface area contributed by atoms with Crippen LogP contribution in [0.3, 0.4) is 0 Å². The Morgan fingerprint density at radius 1 is 1.53 bits per heavy atom. The summed E-state index contributed by atoms with van der Waals surface area (Å²) in [4.78, 5) is 0. The Morgan fingerprint density at radius 2 is 2.47 bits per heavy atom. The van der Waals surface area contributed by atoms with E-state index < -0.39 is 0 Å². The van der Waals surface area contributed by atoms with Crippen LogP contribution in [0.1, 0.15) is 12.0 Å². The predicted octanol–water partition coefficient (Wildman–Crippen LogP) is 1.92. The molecular formula is C12H13NO2. The van der Waals surface area contributed by atoms with Crippen molar-refractivity contribution < 1.29 is 9.47 Å². The zero-order valence-electron chi connectivity index (χ0n) is 8.48. The van der Waals surface area contributed by atoms with E-state index in [-0.39, 0.29) is 6.10 Å². The number of hydrogen-bond donors (Lipinski definition) is 0. The third kappa shape index (κ3) is 2.71. The Labute approximate surface area is 89.2 Å². The molecule has 1 saturated heterocycles. The number of benzene rings is 1. The lowest BCUT2D eigenvalue weighted by molar-refractivity contribution is 0.141. The van der Waals surface area contributed by atoms with Crippen molar-refractivity contribution >= 4 is 0 Å². The standard InChI is InChI=1S/C12H13NO2/c13-6-4-10-2-1-3-11(8-10)15-12-5-7-14-9-12/h1-3,8,12H,4-5,7,9H2. The maximum atomic E-state index is 8.58. The molecule has 0 saturated carbocycles.